The monoisotopic (exact) mass is 520 g/mol. The largest absolute Gasteiger partial charge is 0.416 e. The molecule has 2 aliphatic heterocycles. The molecule has 0 aromatic heterocycles. The Balaban J connectivity index is 1.64. The van der Waals surface area contributed by atoms with Crippen LogP contribution in [0.15, 0.2) is 47.5 Å². The van der Waals surface area contributed by atoms with Crippen molar-refractivity contribution in [1.82, 2.24) is 15.8 Å². The molecule has 196 valence electrons. The fraction of sp³-hybridized carbons (Fsp3) is 0.435. The first kappa shape index (κ1) is 26.3. The quantitative estimate of drug-likeness (QED) is 0.536. The number of aliphatic imine (C=N–C) groups is 1. The minimum atomic E-state index is -4.98. The van der Waals surface area contributed by atoms with Crippen molar-refractivity contribution in [3.8, 4) is 0 Å². The number of ether oxygens (including phenoxy) is 2. The predicted octanol–water partition coefficient (Wildman–Crippen LogP) is 4.80. The van der Waals surface area contributed by atoms with Gasteiger partial charge in [0.1, 0.15) is 18.3 Å². The van der Waals surface area contributed by atoms with Crippen molar-refractivity contribution in [2.24, 2.45) is 4.99 Å². The lowest BCUT2D eigenvalue weighted by Gasteiger charge is -2.42. The van der Waals surface area contributed by atoms with Gasteiger partial charge in [-0.15, -0.1) is 0 Å². The third-order valence-corrected chi connectivity index (χ3v) is 5.88. The summed E-state index contributed by atoms with van der Waals surface area (Å²) in [6.07, 6.45) is -12.2. The zero-order chi connectivity index (χ0) is 26.1. The summed E-state index contributed by atoms with van der Waals surface area (Å²) < 4.78 is 105. The number of rotatable bonds is 6. The Morgan fingerprint density at radius 2 is 1.69 bits per heavy atom. The van der Waals surface area contributed by atoms with Crippen molar-refractivity contribution in [1.29, 1.82) is 0 Å². The Bertz CT molecular complexity index is 1060. The van der Waals surface area contributed by atoms with Gasteiger partial charge in [0, 0.05) is 6.54 Å². The van der Waals surface area contributed by atoms with Crippen molar-refractivity contribution < 1.29 is 40.2 Å². The molecular weight excluding hydrogens is 497 g/mol. The molecule has 3 atom stereocenters. The van der Waals surface area contributed by atoms with E-state index in [4.69, 9.17) is 9.47 Å². The lowest BCUT2D eigenvalue weighted by molar-refractivity contribution is -0.227. The van der Waals surface area contributed by atoms with Crippen LogP contribution in [0.5, 0.6) is 0 Å². The van der Waals surface area contributed by atoms with Crippen molar-refractivity contribution >= 4 is 5.84 Å². The number of alkyl halides is 6. The maximum Gasteiger partial charge on any atom is 0.416 e. The highest BCUT2D eigenvalue weighted by atomic mass is 19.4. The second-order valence-corrected chi connectivity index (χ2v) is 8.39. The van der Waals surface area contributed by atoms with Gasteiger partial charge in [0.2, 0.25) is 0 Å². The normalized spacial score (nSPS) is 22.3. The molecule has 4 rings (SSSR count). The van der Waals surface area contributed by atoms with Crippen LogP contribution in [-0.2, 0) is 21.8 Å². The summed E-state index contributed by atoms with van der Waals surface area (Å²) in [6.45, 7) is 2.67. The summed E-state index contributed by atoms with van der Waals surface area (Å²) in [7, 11) is 0. The van der Waals surface area contributed by atoms with Gasteiger partial charge in [0.15, 0.2) is 6.29 Å². The number of nitrogens with one attached hydrogen (secondary N) is 2. The highest BCUT2D eigenvalue weighted by Gasteiger charge is 2.39. The van der Waals surface area contributed by atoms with Crippen LogP contribution < -0.4 is 10.9 Å². The zero-order valence-corrected chi connectivity index (χ0v) is 19.0. The predicted molar refractivity (Wildman–Crippen MR) is 115 cm³/mol. The molecule has 2 heterocycles. The summed E-state index contributed by atoms with van der Waals surface area (Å²) in [5, 5.41) is 0. The van der Waals surface area contributed by atoms with E-state index >= 15 is 0 Å². The fourth-order valence-corrected chi connectivity index (χ4v) is 4.10. The third-order valence-electron chi connectivity index (χ3n) is 5.88. The second-order valence-electron chi connectivity index (χ2n) is 8.39. The van der Waals surface area contributed by atoms with Gasteiger partial charge in [-0.2, -0.15) is 26.3 Å². The van der Waals surface area contributed by atoms with Gasteiger partial charge < -0.3 is 14.9 Å². The van der Waals surface area contributed by atoms with Gasteiger partial charge in [-0.25, -0.2) is 9.82 Å². The summed E-state index contributed by atoms with van der Waals surface area (Å²) in [5.41, 5.74) is 3.19. The maximum atomic E-state index is 13.6. The SMILES string of the molecule is C[C@@H](O[C@H]1OCCN(CC2=NCNN2)[C@H]1c1ccc(F)cc1)c1cc(C(F)(F)F)cc(C(F)(F)F)c1. The topological polar surface area (TPSA) is 58.1 Å². The molecule has 1 saturated heterocycles. The first-order valence-electron chi connectivity index (χ1n) is 11.0. The van der Waals surface area contributed by atoms with Gasteiger partial charge in [0.25, 0.3) is 0 Å². The summed E-state index contributed by atoms with van der Waals surface area (Å²) in [6, 6.07) is 6.25. The van der Waals surface area contributed by atoms with Crippen molar-refractivity contribution in [2.75, 3.05) is 26.4 Å². The Kier molecular flexibility index (Phi) is 7.55. The molecule has 0 amide bonds. The summed E-state index contributed by atoms with van der Waals surface area (Å²) in [5.74, 6) is 0.158. The van der Waals surface area contributed by atoms with Crippen molar-refractivity contribution in [3.63, 3.8) is 0 Å². The number of halogens is 7. The molecule has 2 aliphatic rings. The molecule has 0 aliphatic carbocycles. The molecule has 2 aromatic rings. The number of benzene rings is 2. The number of nitrogens with zero attached hydrogens (tertiary/aromatic N) is 2. The lowest BCUT2D eigenvalue weighted by Crippen LogP contribution is -2.50. The average molecular weight is 520 g/mol. The number of hydrazine groups is 1. The van der Waals surface area contributed by atoms with Crippen LogP contribution in [-0.4, -0.2) is 43.4 Å². The van der Waals surface area contributed by atoms with Crippen LogP contribution in [0.25, 0.3) is 0 Å². The number of hydrogen-bond acceptors (Lipinski definition) is 6. The Morgan fingerprint density at radius 3 is 2.25 bits per heavy atom. The van der Waals surface area contributed by atoms with Crippen LogP contribution in [0.1, 0.15) is 41.3 Å². The molecule has 2 aromatic carbocycles. The Labute approximate surface area is 202 Å². The highest BCUT2D eigenvalue weighted by Crippen LogP contribution is 2.39. The van der Waals surface area contributed by atoms with Crippen LogP contribution >= 0.6 is 0 Å². The zero-order valence-electron chi connectivity index (χ0n) is 19.0. The summed E-state index contributed by atoms with van der Waals surface area (Å²) >= 11 is 0. The molecule has 0 bridgehead atoms. The molecule has 0 spiro atoms. The van der Waals surface area contributed by atoms with E-state index in [1.165, 1.54) is 31.2 Å². The first-order chi connectivity index (χ1) is 16.9. The minimum Gasteiger partial charge on any atom is -0.349 e. The van der Waals surface area contributed by atoms with E-state index in [0.717, 1.165) is 0 Å². The molecule has 13 heteroatoms. The van der Waals surface area contributed by atoms with Crippen molar-refractivity contribution in [3.05, 3.63) is 70.5 Å². The minimum absolute atomic E-state index is 0.0692. The lowest BCUT2D eigenvalue weighted by atomic mass is 10.0. The van der Waals surface area contributed by atoms with E-state index in [1.807, 2.05) is 4.90 Å². The van der Waals surface area contributed by atoms with Crippen LogP contribution in [0.4, 0.5) is 30.7 Å². The molecule has 1 fully saturated rings. The smallest absolute Gasteiger partial charge is 0.349 e. The Morgan fingerprint density at radius 1 is 1.06 bits per heavy atom. The molecule has 0 saturated carbocycles. The number of morpholine rings is 1. The number of amidine groups is 1. The van der Waals surface area contributed by atoms with E-state index < -0.39 is 47.7 Å². The van der Waals surface area contributed by atoms with Gasteiger partial charge >= 0.3 is 12.4 Å². The van der Waals surface area contributed by atoms with Crippen LogP contribution in [0.3, 0.4) is 0 Å². The van der Waals surface area contributed by atoms with E-state index in [9.17, 15) is 30.7 Å². The van der Waals surface area contributed by atoms with Gasteiger partial charge in [-0.1, -0.05) is 12.1 Å². The summed E-state index contributed by atoms with van der Waals surface area (Å²) in [4.78, 5) is 6.20. The molecule has 2 N–H and O–H groups in total. The third kappa shape index (κ3) is 6.14. The van der Waals surface area contributed by atoms with Gasteiger partial charge in [-0.3, -0.25) is 9.89 Å². The molecular formula is C23H23F7N4O2. The second kappa shape index (κ2) is 10.3. The average Bonchev–Trinajstić information content (AvgIpc) is 3.32. The van der Waals surface area contributed by atoms with Gasteiger partial charge in [0.05, 0.1) is 36.4 Å². The first-order valence-corrected chi connectivity index (χ1v) is 11.0. The van der Waals surface area contributed by atoms with Crippen LogP contribution in [0.2, 0.25) is 0 Å². The number of hydrogen-bond donors (Lipinski definition) is 2. The molecule has 36 heavy (non-hydrogen) atoms. The molecule has 0 radical (unpaired) electrons. The Hall–Kier alpha value is -2.74. The fourth-order valence-electron chi connectivity index (χ4n) is 4.10. The van der Waals surface area contributed by atoms with Crippen LogP contribution in [0, 0.1) is 5.82 Å². The van der Waals surface area contributed by atoms with E-state index in [1.54, 1.807) is 0 Å². The maximum absolute atomic E-state index is 13.6. The van der Waals surface area contributed by atoms with E-state index in [0.29, 0.717) is 43.3 Å². The standard InChI is InChI=1S/C23H23F7N4O2/c1-13(15-8-16(22(25,26)27)10-17(9-15)23(28,29)30)36-21-20(14-2-4-18(24)5-3-14)34(6-7-35-21)11-19-31-12-32-33-19/h2-5,8-10,13,20-21,32H,6-7,11-12H2,1H3,(H,31,33)/t13-,20+,21-/m1/s1. The van der Waals surface area contributed by atoms with Crippen molar-refractivity contribution in [2.45, 2.75) is 37.7 Å². The highest BCUT2D eigenvalue weighted by molar-refractivity contribution is 5.84. The van der Waals surface area contributed by atoms with E-state index in [2.05, 4.69) is 15.8 Å². The van der Waals surface area contributed by atoms with E-state index in [-0.39, 0.29) is 18.2 Å². The van der Waals surface area contributed by atoms with Gasteiger partial charge in [-0.05, 0) is 48.4 Å². The molecule has 0 unspecified atom stereocenters. The molecule has 6 nitrogen and oxygen atoms in total.